The fraction of sp³-hybridized carbons (Fsp3) is 0.867. The number of nitrogens with zero attached hydrogens (tertiary/aromatic N) is 1. The van der Waals surface area contributed by atoms with Crippen molar-refractivity contribution in [2.45, 2.75) is 57.8 Å². The number of carboxylic acids is 1. The molecule has 2 rings (SSSR count). The van der Waals surface area contributed by atoms with Crippen LogP contribution in [0.3, 0.4) is 0 Å². The van der Waals surface area contributed by atoms with Crippen molar-refractivity contribution in [3.8, 4) is 0 Å². The monoisotopic (exact) mass is 267 g/mol. The van der Waals surface area contributed by atoms with E-state index in [0.717, 1.165) is 32.4 Å². The zero-order valence-corrected chi connectivity index (χ0v) is 11.6. The van der Waals surface area contributed by atoms with E-state index < -0.39 is 5.97 Å². The highest BCUT2D eigenvalue weighted by molar-refractivity contribution is 5.79. The fourth-order valence-electron chi connectivity index (χ4n) is 3.38. The zero-order valence-electron chi connectivity index (χ0n) is 11.6. The minimum atomic E-state index is -0.728. The lowest BCUT2D eigenvalue weighted by atomic mass is 9.98. The standard InChI is InChI=1S/C15H25NO3/c17-14(18)8-7-12-9-10-16(11-12)15(19)13-5-3-1-2-4-6-13/h12-13H,1-11H2,(H,17,18). The van der Waals surface area contributed by atoms with Gasteiger partial charge in [0.1, 0.15) is 0 Å². The van der Waals surface area contributed by atoms with E-state index in [9.17, 15) is 9.59 Å². The molecule has 0 radical (unpaired) electrons. The van der Waals surface area contributed by atoms with Gasteiger partial charge in [-0.15, -0.1) is 0 Å². The minimum Gasteiger partial charge on any atom is -0.481 e. The van der Waals surface area contributed by atoms with E-state index in [1.54, 1.807) is 0 Å². The van der Waals surface area contributed by atoms with E-state index in [4.69, 9.17) is 5.11 Å². The number of amides is 1. The first-order valence-corrected chi connectivity index (χ1v) is 7.67. The quantitative estimate of drug-likeness (QED) is 0.797. The van der Waals surface area contributed by atoms with Gasteiger partial charge < -0.3 is 10.0 Å². The third kappa shape index (κ3) is 4.22. The van der Waals surface area contributed by atoms with Gasteiger partial charge in [0.05, 0.1) is 0 Å². The van der Waals surface area contributed by atoms with Crippen molar-refractivity contribution in [3.05, 3.63) is 0 Å². The molecule has 1 heterocycles. The molecule has 19 heavy (non-hydrogen) atoms. The molecule has 4 nitrogen and oxygen atoms in total. The van der Waals surface area contributed by atoms with Gasteiger partial charge in [0.25, 0.3) is 0 Å². The van der Waals surface area contributed by atoms with Crippen molar-refractivity contribution in [2.75, 3.05) is 13.1 Å². The van der Waals surface area contributed by atoms with Gasteiger partial charge in [-0.05, 0) is 31.6 Å². The lowest BCUT2D eigenvalue weighted by Gasteiger charge is -2.22. The highest BCUT2D eigenvalue weighted by Gasteiger charge is 2.30. The molecule has 4 heteroatoms. The Bertz CT molecular complexity index is 321. The Labute approximate surface area is 115 Å². The van der Waals surface area contributed by atoms with E-state index in [-0.39, 0.29) is 12.3 Å². The molecule has 0 aromatic heterocycles. The normalized spacial score (nSPS) is 25.3. The van der Waals surface area contributed by atoms with E-state index in [1.165, 1.54) is 25.7 Å². The van der Waals surface area contributed by atoms with Crippen LogP contribution in [0, 0.1) is 11.8 Å². The Kier molecular flexibility index (Phi) is 5.23. The summed E-state index contributed by atoms with van der Waals surface area (Å²) in [5, 5.41) is 8.70. The molecule has 1 atom stereocenters. The fourth-order valence-corrected chi connectivity index (χ4v) is 3.38. The minimum absolute atomic E-state index is 0.232. The summed E-state index contributed by atoms with van der Waals surface area (Å²) < 4.78 is 0. The van der Waals surface area contributed by atoms with E-state index in [1.807, 2.05) is 4.90 Å². The van der Waals surface area contributed by atoms with Crippen LogP contribution < -0.4 is 0 Å². The Morgan fingerprint density at radius 2 is 1.74 bits per heavy atom. The first kappa shape index (κ1) is 14.4. The summed E-state index contributed by atoms with van der Waals surface area (Å²) >= 11 is 0. The topological polar surface area (TPSA) is 57.6 Å². The first-order chi connectivity index (χ1) is 9.16. The van der Waals surface area contributed by atoms with Gasteiger partial charge in [-0.25, -0.2) is 0 Å². The Balaban J connectivity index is 1.78. The number of hydrogen-bond acceptors (Lipinski definition) is 2. The maximum Gasteiger partial charge on any atom is 0.303 e. The van der Waals surface area contributed by atoms with Crippen LogP contribution in [0.2, 0.25) is 0 Å². The molecule has 1 aliphatic heterocycles. The smallest absolute Gasteiger partial charge is 0.303 e. The van der Waals surface area contributed by atoms with Gasteiger partial charge in [0.15, 0.2) is 0 Å². The van der Waals surface area contributed by atoms with E-state index in [0.29, 0.717) is 18.2 Å². The molecule has 2 fully saturated rings. The second-order valence-corrected chi connectivity index (χ2v) is 6.06. The molecular formula is C15H25NO3. The van der Waals surface area contributed by atoms with Gasteiger partial charge in [-0.3, -0.25) is 9.59 Å². The second kappa shape index (κ2) is 6.92. The third-order valence-electron chi connectivity index (χ3n) is 4.57. The molecule has 1 N–H and O–H groups in total. The number of hydrogen-bond donors (Lipinski definition) is 1. The molecule has 0 aromatic rings. The highest BCUT2D eigenvalue weighted by atomic mass is 16.4. The SMILES string of the molecule is O=C(O)CCC1CCN(C(=O)C2CCCCCC2)C1. The van der Waals surface area contributed by atoms with Gasteiger partial charge in [-0.2, -0.15) is 0 Å². The number of rotatable bonds is 4. The largest absolute Gasteiger partial charge is 0.481 e. The van der Waals surface area contributed by atoms with Crippen molar-refractivity contribution in [1.82, 2.24) is 4.90 Å². The third-order valence-corrected chi connectivity index (χ3v) is 4.57. The molecule has 1 saturated carbocycles. The summed E-state index contributed by atoms with van der Waals surface area (Å²) in [5.74, 6) is 0.236. The van der Waals surface area contributed by atoms with E-state index >= 15 is 0 Å². The number of carbonyl (C=O) groups is 2. The predicted molar refractivity (Wildman–Crippen MR) is 72.7 cm³/mol. The molecular weight excluding hydrogens is 242 g/mol. The summed E-state index contributed by atoms with van der Waals surface area (Å²) in [4.78, 5) is 25.0. The zero-order chi connectivity index (χ0) is 13.7. The number of likely N-dealkylation sites (tertiary alicyclic amines) is 1. The molecule has 108 valence electrons. The molecule has 1 aliphatic carbocycles. The number of aliphatic carboxylic acids is 1. The van der Waals surface area contributed by atoms with Crippen molar-refractivity contribution in [2.24, 2.45) is 11.8 Å². The summed E-state index contributed by atoms with van der Waals surface area (Å²) in [6.45, 7) is 1.61. The molecule has 1 amide bonds. The van der Waals surface area contributed by atoms with Gasteiger partial charge >= 0.3 is 5.97 Å². The van der Waals surface area contributed by atoms with Crippen LogP contribution in [0.15, 0.2) is 0 Å². The van der Waals surface area contributed by atoms with Crippen molar-refractivity contribution in [1.29, 1.82) is 0 Å². The van der Waals surface area contributed by atoms with Gasteiger partial charge in [0, 0.05) is 25.4 Å². The Morgan fingerprint density at radius 1 is 1.05 bits per heavy atom. The first-order valence-electron chi connectivity index (χ1n) is 7.67. The average Bonchev–Trinajstić information content (AvgIpc) is 2.69. The van der Waals surface area contributed by atoms with Crippen molar-refractivity contribution in [3.63, 3.8) is 0 Å². The van der Waals surface area contributed by atoms with Crippen LogP contribution in [0.25, 0.3) is 0 Å². The summed E-state index contributed by atoms with van der Waals surface area (Å²) in [7, 11) is 0. The maximum absolute atomic E-state index is 12.4. The second-order valence-electron chi connectivity index (χ2n) is 6.06. The number of carboxylic acid groups (broad SMARTS) is 1. The summed E-state index contributed by atoms with van der Waals surface area (Å²) in [5.41, 5.74) is 0. The van der Waals surface area contributed by atoms with Crippen LogP contribution in [-0.4, -0.2) is 35.0 Å². The average molecular weight is 267 g/mol. The Hall–Kier alpha value is -1.06. The van der Waals surface area contributed by atoms with E-state index in [2.05, 4.69) is 0 Å². The maximum atomic E-state index is 12.4. The number of carbonyl (C=O) groups excluding carboxylic acids is 1. The molecule has 1 saturated heterocycles. The van der Waals surface area contributed by atoms with Crippen LogP contribution in [0.4, 0.5) is 0 Å². The van der Waals surface area contributed by atoms with Crippen LogP contribution in [0.1, 0.15) is 57.8 Å². The van der Waals surface area contributed by atoms with Gasteiger partial charge in [-0.1, -0.05) is 25.7 Å². The van der Waals surface area contributed by atoms with Crippen LogP contribution in [0.5, 0.6) is 0 Å². The van der Waals surface area contributed by atoms with Crippen LogP contribution >= 0.6 is 0 Å². The van der Waals surface area contributed by atoms with Crippen molar-refractivity contribution >= 4 is 11.9 Å². The molecule has 0 spiro atoms. The summed E-state index contributed by atoms with van der Waals surface area (Å²) in [6.07, 6.45) is 8.94. The summed E-state index contributed by atoms with van der Waals surface area (Å²) in [6, 6.07) is 0. The van der Waals surface area contributed by atoms with Crippen LogP contribution in [-0.2, 0) is 9.59 Å². The van der Waals surface area contributed by atoms with Crippen molar-refractivity contribution < 1.29 is 14.7 Å². The molecule has 2 aliphatic rings. The Morgan fingerprint density at radius 3 is 2.37 bits per heavy atom. The molecule has 0 aromatic carbocycles. The lowest BCUT2D eigenvalue weighted by Crippen LogP contribution is -2.34. The molecule has 0 bridgehead atoms. The predicted octanol–water partition coefficient (Wildman–Crippen LogP) is 2.67. The molecule has 1 unspecified atom stereocenters. The van der Waals surface area contributed by atoms with Gasteiger partial charge in [0.2, 0.25) is 5.91 Å². The lowest BCUT2D eigenvalue weighted by molar-refractivity contribution is -0.137. The highest BCUT2D eigenvalue weighted by Crippen LogP contribution is 2.28.